The van der Waals surface area contributed by atoms with Gasteiger partial charge < -0.3 is 10.6 Å². The van der Waals surface area contributed by atoms with Gasteiger partial charge in [-0.25, -0.2) is 4.39 Å². The topological polar surface area (TPSA) is 29.3 Å². The number of fused-ring (bicyclic) bond motifs is 1. The molecule has 0 aliphatic heterocycles. The molecule has 1 aliphatic carbocycles. The van der Waals surface area contributed by atoms with E-state index in [1.807, 2.05) is 6.07 Å². The Bertz CT molecular complexity index is 614. The maximum atomic E-state index is 13.6. The quantitative estimate of drug-likeness (QED) is 0.934. The molecule has 0 spiro atoms. The van der Waals surface area contributed by atoms with Gasteiger partial charge in [0.05, 0.1) is 5.54 Å². The summed E-state index contributed by atoms with van der Waals surface area (Å²) in [6.07, 6.45) is 1.84. The summed E-state index contributed by atoms with van der Waals surface area (Å²) in [5, 5.41) is 0. The zero-order valence-electron chi connectivity index (χ0n) is 12.3. The first-order chi connectivity index (χ1) is 10.2. The number of likely N-dealkylation sites (N-methyl/N-ethyl adjacent to an activating group) is 1. The molecule has 3 rings (SSSR count). The highest BCUT2D eigenvalue weighted by atomic mass is 19.1. The largest absolute Gasteiger partial charge is 0.364 e. The van der Waals surface area contributed by atoms with Crippen LogP contribution in [0, 0.1) is 5.82 Å². The Morgan fingerprint density at radius 1 is 1.10 bits per heavy atom. The van der Waals surface area contributed by atoms with E-state index in [0.29, 0.717) is 6.54 Å². The smallest absolute Gasteiger partial charge is 0.125 e. The molecule has 0 atom stereocenters. The van der Waals surface area contributed by atoms with E-state index < -0.39 is 0 Å². The van der Waals surface area contributed by atoms with E-state index in [9.17, 15) is 4.39 Å². The summed E-state index contributed by atoms with van der Waals surface area (Å²) in [6.45, 7) is 3.48. The molecule has 0 heterocycles. The lowest BCUT2D eigenvalue weighted by atomic mass is 9.92. The molecule has 0 aromatic heterocycles. The van der Waals surface area contributed by atoms with Gasteiger partial charge in [-0.2, -0.15) is 0 Å². The third-order valence-electron chi connectivity index (χ3n) is 4.55. The van der Waals surface area contributed by atoms with Gasteiger partial charge >= 0.3 is 0 Å². The van der Waals surface area contributed by atoms with E-state index in [-0.39, 0.29) is 11.4 Å². The fraction of sp³-hybridized carbons (Fsp3) is 0.333. The van der Waals surface area contributed by atoms with Crippen LogP contribution in [-0.4, -0.2) is 18.6 Å². The highest BCUT2D eigenvalue weighted by molar-refractivity contribution is 5.53. The first-order valence-corrected chi connectivity index (χ1v) is 7.48. The Morgan fingerprint density at radius 3 is 2.29 bits per heavy atom. The summed E-state index contributed by atoms with van der Waals surface area (Å²) >= 11 is 0. The van der Waals surface area contributed by atoms with Crippen LogP contribution in [0.2, 0.25) is 0 Å². The average molecular weight is 284 g/mol. The van der Waals surface area contributed by atoms with Crippen molar-refractivity contribution in [2.24, 2.45) is 5.73 Å². The van der Waals surface area contributed by atoms with E-state index in [1.54, 1.807) is 12.1 Å². The molecule has 0 radical (unpaired) electrons. The number of hydrogen-bond donors (Lipinski definition) is 1. The number of benzene rings is 2. The Morgan fingerprint density at radius 2 is 1.76 bits per heavy atom. The summed E-state index contributed by atoms with van der Waals surface area (Å²) in [7, 11) is 0. The van der Waals surface area contributed by atoms with E-state index in [1.165, 1.54) is 17.2 Å². The van der Waals surface area contributed by atoms with Gasteiger partial charge in [0.15, 0.2) is 0 Å². The van der Waals surface area contributed by atoms with Crippen LogP contribution in [0.4, 0.5) is 10.1 Å². The van der Waals surface area contributed by atoms with Crippen LogP contribution >= 0.6 is 0 Å². The summed E-state index contributed by atoms with van der Waals surface area (Å²) in [6, 6.07) is 15.3. The molecule has 0 fully saturated rings. The second-order valence-corrected chi connectivity index (χ2v) is 5.77. The predicted octanol–water partition coefficient (Wildman–Crippen LogP) is 3.15. The third kappa shape index (κ3) is 2.42. The molecule has 0 saturated heterocycles. The van der Waals surface area contributed by atoms with E-state index in [0.717, 1.165) is 25.1 Å². The van der Waals surface area contributed by atoms with E-state index >= 15 is 0 Å². The zero-order valence-corrected chi connectivity index (χ0v) is 12.3. The fourth-order valence-electron chi connectivity index (χ4n) is 3.56. The number of hydrogen-bond acceptors (Lipinski definition) is 2. The minimum Gasteiger partial charge on any atom is -0.364 e. The zero-order chi connectivity index (χ0) is 14.9. The number of nitrogens with zero attached hydrogens (tertiary/aromatic N) is 1. The SMILES string of the molecule is CCN(c1cccc(F)c1)C1(CN)Cc2ccccc2C1. The number of anilines is 1. The fourth-order valence-corrected chi connectivity index (χ4v) is 3.56. The molecule has 0 unspecified atom stereocenters. The van der Waals surface area contributed by atoms with Gasteiger partial charge in [-0.1, -0.05) is 30.3 Å². The van der Waals surface area contributed by atoms with Crippen LogP contribution in [0.25, 0.3) is 0 Å². The third-order valence-corrected chi connectivity index (χ3v) is 4.55. The number of halogens is 1. The molecule has 0 amide bonds. The van der Waals surface area contributed by atoms with Crippen molar-refractivity contribution >= 4 is 5.69 Å². The second-order valence-electron chi connectivity index (χ2n) is 5.77. The first kappa shape index (κ1) is 14.1. The van der Waals surface area contributed by atoms with E-state index in [2.05, 4.69) is 36.1 Å². The summed E-state index contributed by atoms with van der Waals surface area (Å²) in [5.74, 6) is -0.200. The molecule has 2 aromatic carbocycles. The maximum Gasteiger partial charge on any atom is 0.125 e. The maximum absolute atomic E-state index is 13.6. The second kappa shape index (κ2) is 5.49. The molecule has 1 aliphatic rings. The van der Waals surface area contributed by atoms with Crippen molar-refractivity contribution in [2.45, 2.75) is 25.3 Å². The van der Waals surface area contributed by atoms with Crippen molar-refractivity contribution in [3.8, 4) is 0 Å². The lowest BCUT2D eigenvalue weighted by Gasteiger charge is -2.42. The molecular formula is C18H21FN2. The lowest BCUT2D eigenvalue weighted by Crippen LogP contribution is -2.55. The van der Waals surface area contributed by atoms with Crippen molar-refractivity contribution in [3.05, 3.63) is 65.5 Å². The van der Waals surface area contributed by atoms with Crippen LogP contribution in [0.1, 0.15) is 18.1 Å². The van der Waals surface area contributed by atoms with Gasteiger partial charge in [-0.15, -0.1) is 0 Å². The molecule has 2 N–H and O–H groups in total. The first-order valence-electron chi connectivity index (χ1n) is 7.48. The molecule has 110 valence electrons. The lowest BCUT2D eigenvalue weighted by molar-refractivity contribution is 0.417. The highest BCUT2D eigenvalue weighted by Gasteiger charge is 2.40. The molecule has 0 saturated carbocycles. The van der Waals surface area contributed by atoms with Gasteiger partial charge in [-0.3, -0.25) is 0 Å². The molecule has 2 nitrogen and oxygen atoms in total. The van der Waals surface area contributed by atoms with Crippen LogP contribution in [0.5, 0.6) is 0 Å². The van der Waals surface area contributed by atoms with Gasteiger partial charge in [0, 0.05) is 18.8 Å². The number of nitrogens with two attached hydrogens (primary N) is 1. The molecular weight excluding hydrogens is 263 g/mol. The van der Waals surface area contributed by atoms with Crippen molar-refractivity contribution in [3.63, 3.8) is 0 Å². The standard InChI is InChI=1S/C18H21FN2/c1-2-21(17-9-5-8-16(19)10-17)18(13-20)11-14-6-3-4-7-15(14)12-18/h3-10H,2,11-13,20H2,1H3. The predicted molar refractivity (Wildman–Crippen MR) is 85.1 cm³/mol. The monoisotopic (exact) mass is 284 g/mol. The van der Waals surface area contributed by atoms with Gasteiger partial charge in [0.1, 0.15) is 5.82 Å². The summed E-state index contributed by atoms with van der Waals surface area (Å²) in [4.78, 5) is 2.26. The Kier molecular flexibility index (Phi) is 3.68. The van der Waals surface area contributed by atoms with E-state index in [4.69, 9.17) is 5.73 Å². The average Bonchev–Trinajstić information content (AvgIpc) is 2.87. The summed E-state index contributed by atoms with van der Waals surface area (Å²) < 4.78 is 13.6. The Hall–Kier alpha value is -1.87. The molecule has 0 bridgehead atoms. The molecule has 21 heavy (non-hydrogen) atoms. The minimum absolute atomic E-state index is 0.147. The van der Waals surface area contributed by atoms with Gasteiger partial charge in [0.25, 0.3) is 0 Å². The molecule has 2 aromatic rings. The Balaban J connectivity index is 1.99. The van der Waals surface area contributed by atoms with Crippen LogP contribution in [-0.2, 0) is 12.8 Å². The van der Waals surface area contributed by atoms with Crippen LogP contribution in [0.3, 0.4) is 0 Å². The van der Waals surface area contributed by atoms with Crippen LogP contribution < -0.4 is 10.6 Å². The highest BCUT2D eigenvalue weighted by Crippen LogP contribution is 2.36. The van der Waals surface area contributed by atoms with Crippen molar-refractivity contribution in [2.75, 3.05) is 18.0 Å². The van der Waals surface area contributed by atoms with Crippen molar-refractivity contribution in [1.29, 1.82) is 0 Å². The minimum atomic E-state index is -0.200. The van der Waals surface area contributed by atoms with Crippen LogP contribution in [0.15, 0.2) is 48.5 Å². The van der Waals surface area contributed by atoms with Gasteiger partial charge in [-0.05, 0) is 49.1 Å². The van der Waals surface area contributed by atoms with Crippen molar-refractivity contribution in [1.82, 2.24) is 0 Å². The number of rotatable bonds is 4. The normalized spacial score (nSPS) is 15.8. The molecule has 3 heteroatoms. The Labute approximate surface area is 125 Å². The summed E-state index contributed by atoms with van der Waals surface area (Å²) in [5.41, 5.74) is 9.65. The van der Waals surface area contributed by atoms with Gasteiger partial charge in [0.2, 0.25) is 0 Å². The van der Waals surface area contributed by atoms with Crippen molar-refractivity contribution < 1.29 is 4.39 Å².